The van der Waals surface area contributed by atoms with Crippen molar-refractivity contribution in [3.8, 4) is 16.9 Å². The number of carbonyl (C=O) groups is 1. The Balaban J connectivity index is 1.65. The summed E-state index contributed by atoms with van der Waals surface area (Å²) in [6, 6.07) is 14.9. The molecule has 0 radical (unpaired) electrons. The van der Waals surface area contributed by atoms with Gasteiger partial charge in [-0.2, -0.15) is 5.10 Å². The summed E-state index contributed by atoms with van der Waals surface area (Å²) in [6.45, 7) is 6.01. The molecule has 1 aliphatic heterocycles. The van der Waals surface area contributed by atoms with Gasteiger partial charge in [0.05, 0.1) is 11.4 Å². The van der Waals surface area contributed by atoms with Crippen LogP contribution in [0.4, 0.5) is 4.39 Å². The molecule has 1 aliphatic rings. The Hall–Kier alpha value is -2.99. The third kappa shape index (κ3) is 4.54. The van der Waals surface area contributed by atoms with Gasteiger partial charge in [-0.15, -0.1) is 0 Å². The van der Waals surface area contributed by atoms with Crippen LogP contribution < -0.4 is 5.32 Å². The number of hydrogen-bond acceptors (Lipinski definition) is 3. The number of likely N-dealkylation sites (tertiary alicyclic amines) is 1. The summed E-state index contributed by atoms with van der Waals surface area (Å²) < 4.78 is 15.7. The van der Waals surface area contributed by atoms with Gasteiger partial charge in [-0.05, 0) is 43.2 Å². The van der Waals surface area contributed by atoms with Crippen molar-refractivity contribution in [2.45, 2.75) is 32.9 Å². The molecular formula is C23H25FN4O. The zero-order valence-corrected chi connectivity index (χ0v) is 16.7. The van der Waals surface area contributed by atoms with Crippen molar-refractivity contribution in [3.63, 3.8) is 0 Å². The summed E-state index contributed by atoms with van der Waals surface area (Å²) in [6.07, 6.45) is 2.96. The van der Waals surface area contributed by atoms with E-state index in [4.69, 9.17) is 5.10 Å². The molecule has 1 amide bonds. The normalized spacial score (nSPS) is 16.9. The molecule has 5 nitrogen and oxygen atoms in total. The van der Waals surface area contributed by atoms with Crippen LogP contribution in [0.3, 0.4) is 0 Å². The highest BCUT2D eigenvalue weighted by Gasteiger charge is 2.25. The van der Waals surface area contributed by atoms with Crippen LogP contribution in [0, 0.1) is 12.7 Å². The van der Waals surface area contributed by atoms with E-state index in [0.29, 0.717) is 6.54 Å². The molecule has 0 unspecified atom stereocenters. The molecule has 3 aromatic rings. The molecule has 0 aliphatic carbocycles. The molecule has 1 atom stereocenters. The highest BCUT2D eigenvalue weighted by Crippen LogP contribution is 2.27. The molecule has 2 heterocycles. The number of amides is 1. The van der Waals surface area contributed by atoms with Gasteiger partial charge in [0.15, 0.2) is 0 Å². The van der Waals surface area contributed by atoms with E-state index in [2.05, 4.69) is 16.3 Å². The number of aryl methyl sites for hydroxylation is 1. The van der Waals surface area contributed by atoms with Crippen LogP contribution in [-0.2, 0) is 11.3 Å². The Morgan fingerprint density at radius 1 is 1.24 bits per heavy atom. The van der Waals surface area contributed by atoms with Gasteiger partial charge in [0.2, 0.25) is 5.91 Å². The van der Waals surface area contributed by atoms with Crippen molar-refractivity contribution in [2.75, 3.05) is 13.1 Å². The lowest BCUT2D eigenvalue weighted by atomic mass is 10.1. The van der Waals surface area contributed by atoms with Gasteiger partial charge < -0.3 is 5.32 Å². The van der Waals surface area contributed by atoms with Crippen molar-refractivity contribution >= 4 is 5.91 Å². The van der Waals surface area contributed by atoms with Crippen LogP contribution in [0.1, 0.15) is 24.5 Å². The molecule has 1 fully saturated rings. The third-order valence-electron chi connectivity index (χ3n) is 5.23. The predicted molar refractivity (Wildman–Crippen MR) is 111 cm³/mol. The second-order valence-electron chi connectivity index (χ2n) is 7.72. The molecular weight excluding hydrogens is 367 g/mol. The molecule has 29 heavy (non-hydrogen) atoms. The van der Waals surface area contributed by atoms with Crippen molar-refractivity contribution in [2.24, 2.45) is 0 Å². The van der Waals surface area contributed by atoms with E-state index in [1.807, 2.05) is 42.1 Å². The number of nitrogens with one attached hydrogen (secondary N) is 1. The quantitative estimate of drug-likeness (QED) is 0.720. The van der Waals surface area contributed by atoms with Gasteiger partial charge in [-0.25, -0.2) is 9.07 Å². The Labute approximate surface area is 170 Å². The number of rotatable bonds is 5. The third-order valence-corrected chi connectivity index (χ3v) is 5.23. The van der Waals surface area contributed by atoms with Gasteiger partial charge in [0, 0.05) is 49.9 Å². The predicted octanol–water partition coefficient (Wildman–Crippen LogP) is 3.70. The zero-order chi connectivity index (χ0) is 20.4. The first-order chi connectivity index (χ1) is 14.0. The number of hydrogen-bond donors (Lipinski definition) is 1. The molecule has 6 heteroatoms. The Morgan fingerprint density at radius 3 is 2.83 bits per heavy atom. The highest BCUT2D eigenvalue weighted by atomic mass is 19.1. The average molecular weight is 392 g/mol. The summed E-state index contributed by atoms with van der Waals surface area (Å²) in [7, 11) is 0. The van der Waals surface area contributed by atoms with Crippen LogP contribution >= 0.6 is 0 Å². The Kier molecular flexibility index (Phi) is 5.45. The van der Waals surface area contributed by atoms with Crippen LogP contribution in [0.2, 0.25) is 0 Å². The highest BCUT2D eigenvalue weighted by molar-refractivity contribution is 5.73. The fourth-order valence-electron chi connectivity index (χ4n) is 3.93. The topological polar surface area (TPSA) is 50.2 Å². The molecule has 0 saturated carbocycles. The molecule has 1 aromatic heterocycles. The Bertz CT molecular complexity index is 1030. The second-order valence-corrected chi connectivity index (χ2v) is 7.72. The van der Waals surface area contributed by atoms with E-state index in [1.54, 1.807) is 13.0 Å². The van der Waals surface area contributed by atoms with E-state index in [0.717, 1.165) is 47.6 Å². The van der Waals surface area contributed by atoms with Crippen molar-refractivity contribution < 1.29 is 9.18 Å². The van der Waals surface area contributed by atoms with Crippen molar-refractivity contribution in [1.29, 1.82) is 0 Å². The maximum absolute atomic E-state index is 13.9. The van der Waals surface area contributed by atoms with E-state index >= 15 is 0 Å². The van der Waals surface area contributed by atoms with Gasteiger partial charge in [0.1, 0.15) is 5.82 Å². The summed E-state index contributed by atoms with van der Waals surface area (Å²) in [4.78, 5) is 13.7. The van der Waals surface area contributed by atoms with E-state index in [-0.39, 0.29) is 17.8 Å². The standard InChI is InChI=1S/C23H25FN4O/c1-16-5-3-8-22(11-16)28-14-19(13-27-10-9-21(15-27)25-17(2)29)23(26-28)18-6-4-7-20(24)12-18/h3-8,11-12,14,21H,9-10,13,15H2,1-2H3,(H,25,29)/t21-/m0/s1. The number of nitrogens with zero attached hydrogens (tertiary/aromatic N) is 3. The summed E-state index contributed by atoms with van der Waals surface area (Å²) in [5.41, 5.74) is 4.73. The second kappa shape index (κ2) is 8.17. The maximum Gasteiger partial charge on any atom is 0.217 e. The van der Waals surface area contributed by atoms with Crippen molar-refractivity contribution in [3.05, 3.63) is 71.7 Å². The Morgan fingerprint density at radius 2 is 2.07 bits per heavy atom. The first-order valence-electron chi connectivity index (χ1n) is 9.89. The zero-order valence-electron chi connectivity index (χ0n) is 16.7. The first kappa shape index (κ1) is 19.3. The van der Waals surface area contributed by atoms with E-state index in [1.165, 1.54) is 12.1 Å². The number of benzene rings is 2. The first-order valence-corrected chi connectivity index (χ1v) is 9.89. The fraction of sp³-hybridized carbons (Fsp3) is 0.304. The smallest absolute Gasteiger partial charge is 0.217 e. The molecule has 150 valence electrons. The lowest BCUT2D eigenvalue weighted by molar-refractivity contribution is -0.119. The maximum atomic E-state index is 13.9. The molecule has 0 bridgehead atoms. The van der Waals surface area contributed by atoms with E-state index in [9.17, 15) is 9.18 Å². The molecule has 1 saturated heterocycles. The minimum atomic E-state index is -0.273. The molecule has 2 aromatic carbocycles. The van der Waals surface area contributed by atoms with Gasteiger partial charge in [-0.1, -0.05) is 24.3 Å². The van der Waals surface area contributed by atoms with Gasteiger partial charge >= 0.3 is 0 Å². The number of carbonyl (C=O) groups excluding carboxylic acids is 1. The van der Waals surface area contributed by atoms with Crippen LogP contribution in [0.15, 0.2) is 54.7 Å². The summed E-state index contributed by atoms with van der Waals surface area (Å²) >= 11 is 0. The number of halogens is 1. The molecule has 0 spiro atoms. The van der Waals surface area contributed by atoms with Crippen LogP contribution in [-0.4, -0.2) is 39.7 Å². The summed E-state index contributed by atoms with van der Waals surface area (Å²) in [5, 5.41) is 7.79. The lowest BCUT2D eigenvalue weighted by Gasteiger charge is -2.16. The van der Waals surface area contributed by atoms with Crippen molar-refractivity contribution in [1.82, 2.24) is 20.0 Å². The van der Waals surface area contributed by atoms with E-state index < -0.39 is 0 Å². The fourth-order valence-corrected chi connectivity index (χ4v) is 3.93. The largest absolute Gasteiger partial charge is 0.352 e. The minimum Gasteiger partial charge on any atom is -0.352 e. The molecule has 4 rings (SSSR count). The minimum absolute atomic E-state index is 0.00423. The monoisotopic (exact) mass is 392 g/mol. The van der Waals surface area contributed by atoms with Crippen LogP contribution in [0.25, 0.3) is 16.9 Å². The average Bonchev–Trinajstić information content (AvgIpc) is 3.29. The number of aromatic nitrogens is 2. The summed E-state index contributed by atoms with van der Waals surface area (Å²) in [5.74, 6) is -0.269. The molecule has 1 N–H and O–H groups in total. The van der Waals surface area contributed by atoms with Gasteiger partial charge in [0.25, 0.3) is 0 Å². The van der Waals surface area contributed by atoms with Gasteiger partial charge in [-0.3, -0.25) is 9.69 Å². The SMILES string of the molecule is CC(=O)N[C@H]1CCN(Cc2cn(-c3cccc(C)c3)nc2-c2cccc(F)c2)C1. The van der Waals surface area contributed by atoms with Crippen LogP contribution in [0.5, 0.6) is 0 Å². The lowest BCUT2D eigenvalue weighted by Crippen LogP contribution is -2.35.